The Labute approximate surface area is 110 Å². The summed E-state index contributed by atoms with van der Waals surface area (Å²) in [4.78, 5) is 11.2. The number of para-hydroxylation sites is 1. The van der Waals surface area contributed by atoms with Crippen molar-refractivity contribution in [2.75, 3.05) is 0 Å². The van der Waals surface area contributed by atoms with Crippen LogP contribution in [0.2, 0.25) is 0 Å². The molecule has 3 aromatic rings. The van der Waals surface area contributed by atoms with Crippen LogP contribution in [0.5, 0.6) is 0 Å². The van der Waals surface area contributed by atoms with E-state index in [-0.39, 0.29) is 5.56 Å². The second kappa shape index (κ2) is 4.61. The molecule has 0 unspecified atom stereocenters. The Balaban J connectivity index is 2.11. The van der Waals surface area contributed by atoms with Crippen molar-refractivity contribution in [3.05, 3.63) is 71.9 Å². The lowest BCUT2D eigenvalue weighted by Gasteiger charge is -2.05. The fraction of sp³-hybridized carbons (Fsp3) is 0.0625. The molecule has 0 bridgehead atoms. The molecule has 0 spiro atoms. The highest BCUT2D eigenvalue weighted by Gasteiger charge is 2.08. The molecule has 19 heavy (non-hydrogen) atoms. The SMILES string of the molecule is O=C([O-])c1cn(Cc2ccccc2)c2ccccc12. The van der Waals surface area contributed by atoms with Crippen molar-refractivity contribution in [2.24, 2.45) is 0 Å². The van der Waals surface area contributed by atoms with E-state index in [9.17, 15) is 9.90 Å². The maximum atomic E-state index is 11.2. The third kappa shape index (κ3) is 2.10. The van der Waals surface area contributed by atoms with Crippen LogP contribution in [0.4, 0.5) is 0 Å². The van der Waals surface area contributed by atoms with E-state index in [1.807, 2.05) is 59.2 Å². The molecule has 0 amide bonds. The number of hydrogen-bond acceptors (Lipinski definition) is 2. The summed E-state index contributed by atoms with van der Waals surface area (Å²) in [5.74, 6) is -1.14. The average Bonchev–Trinajstić information content (AvgIpc) is 2.79. The number of hydrogen-bond donors (Lipinski definition) is 0. The van der Waals surface area contributed by atoms with Crippen molar-refractivity contribution >= 4 is 16.9 Å². The van der Waals surface area contributed by atoms with Crippen molar-refractivity contribution in [3.63, 3.8) is 0 Å². The van der Waals surface area contributed by atoms with E-state index in [1.165, 1.54) is 0 Å². The number of aromatic nitrogens is 1. The number of fused-ring (bicyclic) bond motifs is 1. The van der Waals surface area contributed by atoms with Crippen LogP contribution in [-0.2, 0) is 6.54 Å². The van der Waals surface area contributed by atoms with Crippen molar-refractivity contribution < 1.29 is 9.90 Å². The van der Waals surface area contributed by atoms with Crippen molar-refractivity contribution in [3.8, 4) is 0 Å². The minimum Gasteiger partial charge on any atom is -0.545 e. The summed E-state index contributed by atoms with van der Waals surface area (Å²) in [6, 6.07) is 17.4. The van der Waals surface area contributed by atoms with Gasteiger partial charge in [-0.15, -0.1) is 0 Å². The minimum atomic E-state index is -1.14. The molecule has 0 fully saturated rings. The molecule has 3 rings (SSSR count). The van der Waals surface area contributed by atoms with E-state index < -0.39 is 5.97 Å². The van der Waals surface area contributed by atoms with E-state index in [0.29, 0.717) is 6.54 Å². The first kappa shape index (κ1) is 11.5. The van der Waals surface area contributed by atoms with Gasteiger partial charge in [0.25, 0.3) is 0 Å². The third-order valence-corrected chi connectivity index (χ3v) is 3.20. The Morgan fingerprint density at radius 1 is 1.00 bits per heavy atom. The molecular weight excluding hydrogens is 238 g/mol. The second-order valence-corrected chi connectivity index (χ2v) is 4.46. The number of nitrogens with zero attached hydrogens (tertiary/aromatic N) is 1. The number of carbonyl (C=O) groups is 1. The number of carbonyl (C=O) groups excluding carboxylic acids is 1. The first-order valence-corrected chi connectivity index (χ1v) is 6.09. The molecule has 0 saturated heterocycles. The Hall–Kier alpha value is -2.55. The summed E-state index contributed by atoms with van der Waals surface area (Å²) in [6.07, 6.45) is 1.65. The molecule has 1 aromatic heterocycles. The molecule has 2 aromatic carbocycles. The quantitative estimate of drug-likeness (QED) is 0.714. The molecule has 94 valence electrons. The summed E-state index contributed by atoms with van der Waals surface area (Å²) < 4.78 is 1.94. The molecule has 0 N–H and O–H groups in total. The van der Waals surface area contributed by atoms with Gasteiger partial charge in [-0.05, 0) is 11.6 Å². The van der Waals surface area contributed by atoms with Crippen molar-refractivity contribution in [2.45, 2.75) is 6.54 Å². The van der Waals surface area contributed by atoms with Crippen LogP contribution in [0.3, 0.4) is 0 Å². The number of carboxylic acids is 1. The fourth-order valence-corrected chi connectivity index (χ4v) is 2.32. The molecule has 0 aliphatic heterocycles. The number of benzene rings is 2. The smallest absolute Gasteiger partial charge is 0.0736 e. The molecule has 3 nitrogen and oxygen atoms in total. The van der Waals surface area contributed by atoms with Crippen LogP contribution in [0.25, 0.3) is 10.9 Å². The van der Waals surface area contributed by atoms with Gasteiger partial charge in [-0.3, -0.25) is 0 Å². The molecular formula is C16H12NO2-. The highest BCUT2D eigenvalue weighted by atomic mass is 16.4. The van der Waals surface area contributed by atoms with E-state index in [4.69, 9.17) is 0 Å². The molecule has 1 heterocycles. The van der Waals surface area contributed by atoms with Gasteiger partial charge in [0.05, 0.1) is 5.97 Å². The lowest BCUT2D eigenvalue weighted by atomic mass is 10.2. The first-order valence-electron chi connectivity index (χ1n) is 6.09. The Morgan fingerprint density at radius 2 is 1.68 bits per heavy atom. The standard InChI is InChI=1S/C16H13NO2/c18-16(19)14-11-17(10-12-6-2-1-3-7-12)15-9-5-4-8-13(14)15/h1-9,11H,10H2,(H,18,19)/p-1. The highest BCUT2D eigenvalue weighted by molar-refractivity contribution is 6.02. The van der Waals surface area contributed by atoms with Gasteiger partial charge in [-0.25, -0.2) is 0 Å². The van der Waals surface area contributed by atoms with Crippen LogP contribution >= 0.6 is 0 Å². The van der Waals surface area contributed by atoms with Gasteiger partial charge in [0.1, 0.15) is 0 Å². The van der Waals surface area contributed by atoms with Gasteiger partial charge >= 0.3 is 0 Å². The van der Waals surface area contributed by atoms with E-state index >= 15 is 0 Å². The molecule has 0 aliphatic rings. The summed E-state index contributed by atoms with van der Waals surface area (Å²) >= 11 is 0. The van der Waals surface area contributed by atoms with Gasteiger partial charge in [0.2, 0.25) is 0 Å². The predicted octanol–water partition coefficient (Wildman–Crippen LogP) is 2.05. The Kier molecular flexibility index (Phi) is 2.80. The van der Waals surface area contributed by atoms with Crippen molar-refractivity contribution in [1.29, 1.82) is 0 Å². The summed E-state index contributed by atoms with van der Waals surface area (Å²) in [6.45, 7) is 0.647. The molecule has 0 aliphatic carbocycles. The topological polar surface area (TPSA) is 45.1 Å². The van der Waals surface area contributed by atoms with Gasteiger partial charge in [0, 0.05) is 29.2 Å². The second-order valence-electron chi connectivity index (χ2n) is 4.46. The number of carboxylic acid groups (broad SMARTS) is 1. The molecule has 0 radical (unpaired) electrons. The lowest BCUT2D eigenvalue weighted by molar-refractivity contribution is -0.254. The molecule has 3 heteroatoms. The Morgan fingerprint density at radius 3 is 2.42 bits per heavy atom. The van der Waals surface area contributed by atoms with Gasteiger partial charge in [-0.2, -0.15) is 0 Å². The minimum absolute atomic E-state index is 0.242. The Bertz CT molecular complexity index is 729. The van der Waals surface area contributed by atoms with E-state index in [1.54, 1.807) is 6.20 Å². The maximum absolute atomic E-state index is 11.2. The highest BCUT2D eigenvalue weighted by Crippen LogP contribution is 2.21. The maximum Gasteiger partial charge on any atom is 0.0736 e. The van der Waals surface area contributed by atoms with Crippen LogP contribution in [-0.4, -0.2) is 10.5 Å². The van der Waals surface area contributed by atoms with Gasteiger partial charge in [-0.1, -0.05) is 48.5 Å². The zero-order valence-electron chi connectivity index (χ0n) is 10.2. The molecule has 0 saturated carbocycles. The van der Waals surface area contributed by atoms with Crippen LogP contribution in [0.15, 0.2) is 60.8 Å². The summed E-state index contributed by atoms with van der Waals surface area (Å²) in [5.41, 5.74) is 2.28. The third-order valence-electron chi connectivity index (χ3n) is 3.20. The summed E-state index contributed by atoms with van der Waals surface area (Å²) in [7, 11) is 0. The number of rotatable bonds is 3. The van der Waals surface area contributed by atoms with Gasteiger partial charge in [0.15, 0.2) is 0 Å². The summed E-state index contributed by atoms with van der Waals surface area (Å²) in [5, 5.41) is 11.9. The predicted molar refractivity (Wildman–Crippen MR) is 71.8 cm³/mol. The van der Waals surface area contributed by atoms with Crippen LogP contribution < -0.4 is 5.11 Å². The molecule has 0 atom stereocenters. The zero-order chi connectivity index (χ0) is 13.2. The largest absolute Gasteiger partial charge is 0.545 e. The fourth-order valence-electron chi connectivity index (χ4n) is 2.32. The van der Waals surface area contributed by atoms with E-state index in [0.717, 1.165) is 16.5 Å². The van der Waals surface area contributed by atoms with Crippen LogP contribution in [0.1, 0.15) is 15.9 Å². The number of aromatic carboxylic acids is 1. The lowest BCUT2D eigenvalue weighted by Crippen LogP contribution is -2.21. The monoisotopic (exact) mass is 250 g/mol. The normalized spacial score (nSPS) is 10.7. The average molecular weight is 250 g/mol. The van der Waals surface area contributed by atoms with E-state index in [2.05, 4.69) is 0 Å². The van der Waals surface area contributed by atoms with Crippen LogP contribution in [0, 0.1) is 0 Å². The first-order chi connectivity index (χ1) is 9.25. The zero-order valence-corrected chi connectivity index (χ0v) is 10.2. The van der Waals surface area contributed by atoms with Gasteiger partial charge < -0.3 is 14.5 Å². The van der Waals surface area contributed by atoms with Crippen molar-refractivity contribution in [1.82, 2.24) is 4.57 Å².